The van der Waals surface area contributed by atoms with Gasteiger partial charge in [0.05, 0.1) is 6.10 Å². The number of aliphatic carboxylic acids is 1. The minimum atomic E-state index is -0.862. The SMILES string of the molecule is CC(CCC(=O)O)NC(=O)c1ccc(OCC2CCCO2)cc1. The number of carbonyl (C=O) groups is 2. The Kier molecular flexibility index (Phi) is 6.40. The highest BCUT2D eigenvalue weighted by Crippen LogP contribution is 2.16. The summed E-state index contributed by atoms with van der Waals surface area (Å²) in [7, 11) is 0. The first-order valence-corrected chi connectivity index (χ1v) is 7.91. The molecule has 6 heteroatoms. The monoisotopic (exact) mass is 321 g/mol. The third kappa shape index (κ3) is 5.90. The van der Waals surface area contributed by atoms with Crippen LogP contribution in [0.5, 0.6) is 5.75 Å². The smallest absolute Gasteiger partial charge is 0.303 e. The molecular weight excluding hydrogens is 298 g/mol. The Morgan fingerprint density at radius 2 is 2.13 bits per heavy atom. The Hall–Kier alpha value is -2.08. The fourth-order valence-electron chi connectivity index (χ4n) is 2.39. The van der Waals surface area contributed by atoms with Crippen LogP contribution in [0.1, 0.15) is 43.0 Å². The second-order valence-electron chi connectivity index (χ2n) is 5.78. The lowest BCUT2D eigenvalue weighted by atomic mass is 10.1. The Morgan fingerprint density at radius 3 is 2.74 bits per heavy atom. The van der Waals surface area contributed by atoms with Crippen molar-refractivity contribution < 1.29 is 24.2 Å². The van der Waals surface area contributed by atoms with Crippen molar-refractivity contribution in [3.63, 3.8) is 0 Å². The van der Waals surface area contributed by atoms with Crippen LogP contribution >= 0.6 is 0 Å². The van der Waals surface area contributed by atoms with Crippen LogP contribution in [-0.4, -0.2) is 42.3 Å². The van der Waals surface area contributed by atoms with Crippen LogP contribution in [0.15, 0.2) is 24.3 Å². The molecule has 2 N–H and O–H groups in total. The van der Waals surface area contributed by atoms with Gasteiger partial charge in [-0.1, -0.05) is 0 Å². The molecule has 23 heavy (non-hydrogen) atoms. The van der Waals surface area contributed by atoms with Gasteiger partial charge in [-0.2, -0.15) is 0 Å². The molecule has 126 valence electrons. The van der Waals surface area contributed by atoms with E-state index < -0.39 is 5.97 Å². The highest BCUT2D eigenvalue weighted by Gasteiger charge is 2.16. The number of hydrogen-bond donors (Lipinski definition) is 2. The van der Waals surface area contributed by atoms with Crippen LogP contribution < -0.4 is 10.1 Å². The molecule has 1 amide bonds. The Labute approximate surface area is 135 Å². The van der Waals surface area contributed by atoms with Crippen LogP contribution in [0.3, 0.4) is 0 Å². The molecule has 2 rings (SSSR count). The molecule has 0 spiro atoms. The van der Waals surface area contributed by atoms with Crippen molar-refractivity contribution >= 4 is 11.9 Å². The van der Waals surface area contributed by atoms with E-state index in [2.05, 4.69) is 5.32 Å². The molecule has 2 atom stereocenters. The maximum absolute atomic E-state index is 12.1. The van der Waals surface area contributed by atoms with Gasteiger partial charge in [-0.15, -0.1) is 0 Å². The van der Waals surface area contributed by atoms with Crippen LogP contribution in [-0.2, 0) is 9.53 Å². The lowest BCUT2D eigenvalue weighted by Crippen LogP contribution is -2.32. The number of nitrogens with one attached hydrogen (secondary N) is 1. The third-order valence-electron chi connectivity index (χ3n) is 3.75. The Morgan fingerprint density at radius 1 is 1.39 bits per heavy atom. The molecule has 1 aromatic rings. The molecule has 6 nitrogen and oxygen atoms in total. The summed E-state index contributed by atoms with van der Waals surface area (Å²) in [6, 6.07) is 6.72. The number of hydrogen-bond acceptors (Lipinski definition) is 4. The molecule has 1 saturated heterocycles. The van der Waals surface area contributed by atoms with E-state index in [-0.39, 0.29) is 24.5 Å². The van der Waals surface area contributed by atoms with Gasteiger partial charge < -0.3 is 19.9 Å². The molecule has 1 aliphatic heterocycles. The first-order valence-electron chi connectivity index (χ1n) is 7.91. The lowest BCUT2D eigenvalue weighted by molar-refractivity contribution is -0.137. The number of amides is 1. The van der Waals surface area contributed by atoms with E-state index in [1.54, 1.807) is 31.2 Å². The second-order valence-corrected chi connectivity index (χ2v) is 5.78. The first kappa shape index (κ1) is 17.3. The van der Waals surface area contributed by atoms with Gasteiger partial charge in [-0.25, -0.2) is 0 Å². The molecule has 1 aromatic carbocycles. The lowest BCUT2D eigenvalue weighted by Gasteiger charge is -2.14. The van der Waals surface area contributed by atoms with Crippen molar-refractivity contribution in [3.8, 4) is 5.75 Å². The van der Waals surface area contributed by atoms with Gasteiger partial charge in [0.2, 0.25) is 0 Å². The summed E-state index contributed by atoms with van der Waals surface area (Å²) in [6.45, 7) is 3.12. The van der Waals surface area contributed by atoms with Gasteiger partial charge in [0.15, 0.2) is 0 Å². The first-order chi connectivity index (χ1) is 11.0. The van der Waals surface area contributed by atoms with Crippen LogP contribution in [0.25, 0.3) is 0 Å². The predicted molar refractivity (Wildman–Crippen MR) is 84.7 cm³/mol. The largest absolute Gasteiger partial charge is 0.491 e. The summed E-state index contributed by atoms with van der Waals surface area (Å²) in [5.41, 5.74) is 0.525. The van der Waals surface area contributed by atoms with E-state index in [1.807, 2.05) is 0 Å². The molecule has 1 aliphatic rings. The zero-order valence-corrected chi connectivity index (χ0v) is 13.3. The van der Waals surface area contributed by atoms with E-state index in [0.717, 1.165) is 19.4 Å². The number of carboxylic acid groups (broad SMARTS) is 1. The van der Waals surface area contributed by atoms with Crippen LogP contribution in [0.4, 0.5) is 0 Å². The van der Waals surface area contributed by atoms with Crippen molar-refractivity contribution in [1.29, 1.82) is 0 Å². The van der Waals surface area contributed by atoms with Crippen molar-refractivity contribution in [2.24, 2.45) is 0 Å². The van der Waals surface area contributed by atoms with E-state index in [9.17, 15) is 9.59 Å². The van der Waals surface area contributed by atoms with E-state index in [1.165, 1.54) is 0 Å². The number of carboxylic acids is 1. The number of rotatable bonds is 8. The summed E-state index contributed by atoms with van der Waals surface area (Å²) < 4.78 is 11.1. The highest BCUT2D eigenvalue weighted by molar-refractivity contribution is 5.94. The zero-order valence-electron chi connectivity index (χ0n) is 13.3. The third-order valence-corrected chi connectivity index (χ3v) is 3.75. The summed E-state index contributed by atoms with van der Waals surface area (Å²) in [4.78, 5) is 22.6. The molecular formula is C17H23NO5. The predicted octanol–water partition coefficient (Wildman–Crippen LogP) is 2.23. The fourth-order valence-corrected chi connectivity index (χ4v) is 2.39. The Balaban J connectivity index is 1.78. The van der Waals surface area contributed by atoms with Crippen molar-refractivity contribution in [2.75, 3.05) is 13.2 Å². The molecule has 2 unspecified atom stereocenters. The molecule has 1 fully saturated rings. The zero-order chi connectivity index (χ0) is 16.7. The van der Waals surface area contributed by atoms with E-state index in [4.69, 9.17) is 14.6 Å². The maximum Gasteiger partial charge on any atom is 0.303 e. The van der Waals surface area contributed by atoms with Gasteiger partial charge in [0.25, 0.3) is 5.91 Å². The summed E-state index contributed by atoms with van der Waals surface area (Å²) in [6.07, 6.45) is 2.70. The van der Waals surface area contributed by atoms with Gasteiger partial charge >= 0.3 is 5.97 Å². The second kappa shape index (κ2) is 8.53. The number of carbonyl (C=O) groups excluding carboxylic acids is 1. The molecule has 0 saturated carbocycles. The minimum Gasteiger partial charge on any atom is -0.491 e. The summed E-state index contributed by atoms with van der Waals surface area (Å²) in [5.74, 6) is -0.372. The van der Waals surface area contributed by atoms with Gasteiger partial charge in [0, 0.05) is 24.6 Å². The molecule has 0 aliphatic carbocycles. The van der Waals surface area contributed by atoms with Gasteiger partial charge in [-0.3, -0.25) is 9.59 Å². The van der Waals surface area contributed by atoms with Crippen molar-refractivity contribution in [3.05, 3.63) is 29.8 Å². The maximum atomic E-state index is 12.1. The van der Waals surface area contributed by atoms with E-state index >= 15 is 0 Å². The average molecular weight is 321 g/mol. The van der Waals surface area contributed by atoms with Crippen molar-refractivity contribution in [2.45, 2.75) is 44.8 Å². The quantitative estimate of drug-likeness (QED) is 0.767. The van der Waals surface area contributed by atoms with Gasteiger partial charge in [-0.05, 0) is 50.5 Å². The van der Waals surface area contributed by atoms with E-state index in [0.29, 0.717) is 24.3 Å². The standard InChI is InChI=1S/C17H23NO5/c1-12(4-9-16(19)20)18-17(21)13-5-7-14(8-6-13)23-11-15-3-2-10-22-15/h5-8,12,15H,2-4,9-11H2,1H3,(H,18,21)(H,19,20). The molecule has 0 radical (unpaired) electrons. The molecule has 0 bridgehead atoms. The number of ether oxygens (including phenoxy) is 2. The minimum absolute atomic E-state index is 0.0391. The van der Waals surface area contributed by atoms with Crippen molar-refractivity contribution in [1.82, 2.24) is 5.32 Å². The molecule has 1 heterocycles. The Bertz CT molecular complexity index is 522. The van der Waals surface area contributed by atoms with Gasteiger partial charge in [0.1, 0.15) is 12.4 Å². The highest BCUT2D eigenvalue weighted by atomic mass is 16.5. The van der Waals surface area contributed by atoms with Crippen LogP contribution in [0, 0.1) is 0 Å². The fraction of sp³-hybridized carbons (Fsp3) is 0.529. The summed E-state index contributed by atoms with van der Waals surface area (Å²) in [5, 5.41) is 11.4. The number of benzene rings is 1. The summed E-state index contributed by atoms with van der Waals surface area (Å²) >= 11 is 0. The average Bonchev–Trinajstić information content (AvgIpc) is 3.05. The topological polar surface area (TPSA) is 84.9 Å². The normalized spacial score (nSPS) is 18.4. The molecule has 0 aromatic heterocycles. The van der Waals surface area contributed by atoms with Crippen LogP contribution in [0.2, 0.25) is 0 Å².